The van der Waals surface area contributed by atoms with E-state index in [9.17, 15) is 25.0 Å². The highest BCUT2D eigenvalue weighted by Crippen LogP contribution is 2.40. The molecule has 0 aromatic heterocycles. The highest BCUT2D eigenvalue weighted by molar-refractivity contribution is 7.50. The molecule has 136 valence electrons. The van der Waals surface area contributed by atoms with Crippen LogP contribution in [0.5, 0.6) is 5.75 Å². The van der Waals surface area contributed by atoms with Crippen LogP contribution < -0.4 is 0 Å². The number of allylic oxidation sites excluding steroid dienone is 2. The summed E-state index contributed by atoms with van der Waals surface area (Å²) in [5, 5.41) is 39.8. The molecule has 0 saturated heterocycles. The van der Waals surface area contributed by atoms with E-state index < -0.39 is 24.9 Å². The van der Waals surface area contributed by atoms with E-state index in [0.717, 1.165) is 5.56 Å². The van der Waals surface area contributed by atoms with Crippen molar-refractivity contribution in [2.75, 3.05) is 0 Å². The number of aromatic hydroxyl groups is 1. The number of aliphatic hydroxyl groups is 3. The van der Waals surface area contributed by atoms with E-state index in [1.54, 1.807) is 12.1 Å². The van der Waals surface area contributed by atoms with E-state index in [0.29, 0.717) is 12.8 Å². The molecule has 6 N–H and O–H groups in total. The summed E-state index contributed by atoms with van der Waals surface area (Å²) in [6.45, 7) is 0. The van der Waals surface area contributed by atoms with E-state index in [1.165, 1.54) is 24.3 Å². The molecule has 0 amide bonds. The van der Waals surface area contributed by atoms with Gasteiger partial charge in [0.15, 0.2) is 5.79 Å². The molecule has 0 radical (unpaired) electrons. The molecule has 1 aromatic rings. The summed E-state index contributed by atoms with van der Waals surface area (Å²) in [7, 11) is -4.78. The summed E-state index contributed by atoms with van der Waals surface area (Å²) in [6.07, 6.45) is 3.24. The molecule has 1 aliphatic rings. The Balaban J connectivity index is 2.15. The van der Waals surface area contributed by atoms with Crippen LogP contribution in [0.2, 0.25) is 0 Å². The zero-order valence-electron chi connectivity index (χ0n) is 13.3. The Morgan fingerprint density at radius 1 is 1.12 bits per heavy atom. The number of nitrogens with zero attached hydrogens (tertiary/aromatic N) is 1. The zero-order chi connectivity index (χ0) is 18.7. The first-order valence-corrected chi connectivity index (χ1v) is 9.13. The monoisotopic (exact) mass is 369 g/mol. The van der Waals surface area contributed by atoms with Gasteiger partial charge in [0, 0.05) is 12.8 Å². The summed E-state index contributed by atoms with van der Waals surface area (Å²) in [6, 6.07) is 6.44. The van der Waals surface area contributed by atoms with Crippen LogP contribution in [0.15, 0.2) is 52.5 Å². The quantitative estimate of drug-likeness (QED) is 0.330. The fourth-order valence-corrected chi connectivity index (χ4v) is 3.12. The second kappa shape index (κ2) is 7.51. The summed E-state index contributed by atoms with van der Waals surface area (Å²) < 4.78 is 14.3. The summed E-state index contributed by atoms with van der Waals surface area (Å²) >= 11 is 0. The maximum Gasteiger partial charge on any atom is 0.448 e. The van der Waals surface area contributed by atoms with E-state index in [-0.39, 0.29) is 24.3 Å². The van der Waals surface area contributed by atoms with Crippen LogP contribution in [-0.2, 0) is 11.0 Å². The lowest BCUT2D eigenvalue weighted by Gasteiger charge is -2.28. The van der Waals surface area contributed by atoms with Crippen LogP contribution in [0.3, 0.4) is 0 Å². The Morgan fingerprint density at radius 3 is 2.36 bits per heavy atom. The molecule has 1 aliphatic carbocycles. The van der Waals surface area contributed by atoms with Crippen LogP contribution in [0.25, 0.3) is 0 Å². The fourth-order valence-electron chi connectivity index (χ4n) is 2.63. The minimum absolute atomic E-state index is 0.0364. The first-order chi connectivity index (χ1) is 11.6. The predicted molar refractivity (Wildman–Crippen MR) is 91.1 cm³/mol. The molecule has 0 heterocycles. The van der Waals surface area contributed by atoms with Crippen molar-refractivity contribution in [1.82, 2.24) is 0 Å². The summed E-state index contributed by atoms with van der Waals surface area (Å²) in [5.41, 5.74) is 0.214. The van der Waals surface area contributed by atoms with Crippen molar-refractivity contribution in [3.8, 4) is 5.75 Å². The van der Waals surface area contributed by atoms with Crippen molar-refractivity contribution in [1.29, 1.82) is 0 Å². The fraction of sp³-hybridized carbons (Fsp3) is 0.312. The summed E-state index contributed by atoms with van der Waals surface area (Å²) in [4.78, 5) is 18.0. The van der Waals surface area contributed by atoms with Gasteiger partial charge in [-0.15, -0.1) is 0 Å². The maximum atomic E-state index is 11.1. The average Bonchev–Trinajstić information content (AvgIpc) is 2.47. The number of hydrogen-bond donors (Lipinski definition) is 6. The molecule has 9 heteroatoms. The topological polar surface area (TPSA) is 151 Å². The van der Waals surface area contributed by atoms with Gasteiger partial charge in [0.2, 0.25) is 0 Å². The van der Waals surface area contributed by atoms with Crippen molar-refractivity contribution in [3.63, 3.8) is 0 Å². The molecular weight excluding hydrogens is 349 g/mol. The van der Waals surface area contributed by atoms with Crippen molar-refractivity contribution < 1.29 is 34.8 Å². The Labute approximate surface area is 144 Å². The third-order valence-corrected chi connectivity index (χ3v) is 4.21. The second-order valence-electron chi connectivity index (χ2n) is 5.76. The first kappa shape index (κ1) is 19.4. The van der Waals surface area contributed by atoms with Gasteiger partial charge in [0.1, 0.15) is 11.5 Å². The predicted octanol–water partition coefficient (Wildman–Crippen LogP) is 1.70. The Hall–Kier alpha value is -1.96. The lowest BCUT2D eigenvalue weighted by Crippen LogP contribution is -2.36. The zero-order valence-corrected chi connectivity index (χ0v) is 14.2. The van der Waals surface area contributed by atoms with Gasteiger partial charge in [-0.05, 0) is 36.6 Å². The Bertz CT molecular complexity index is 759. The smallest absolute Gasteiger partial charge is 0.448 e. The number of phenolic OH excluding ortho intramolecular Hbond substituents is 1. The molecule has 0 fully saturated rings. The Kier molecular flexibility index (Phi) is 5.82. The van der Waals surface area contributed by atoms with Crippen LogP contribution >= 0.6 is 7.75 Å². The van der Waals surface area contributed by atoms with Crippen LogP contribution in [-0.4, -0.2) is 41.7 Å². The lowest BCUT2D eigenvalue weighted by atomic mass is 9.90. The van der Waals surface area contributed by atoms with Crippen molar-refractivity contribution in [2.24, 2.45) is 4.76 Å². The van der Waals surface area contributed by atoms with Gasteiger partial charge in [0.25, 0.3) is 0 Å². The molecule has 1 aromatic carbocycles. The number of aryl methyl sites for hydroxylation is 1. The van der Waals surface area contributed by atoms with E-state index in [4.69, 9.17) is 9.79 Å². The van der Waals surface area contributed by atoms with Crippen LogP contribution in [0.4, 0.5) is 0 Å². The molecule has 8 nitrogen and oxygen atoms in total. The van der Waals surface area contributed by atoms with Gasteiger partial charge in [-0.3, -0.25) is 0 Å². The normalized spacial score (nSPS) is 17.4. The molecule has 0 unspecified atom stereocenters. The third kappa shape index (κ3) is 5.52. The number of rotatable bonds is 6. The van der Waals surface area contributed by atoms with Crippen LogP contribution in [0, 0.1) is 0 Å². The molecule has 0 spiro atoms. The van der Waals surface area contributed by atoms with Gasteiger partial charge in [-0.25, -0.2) is 4.57 Å². The molecule has 2 rings (SSSR count). The van der Waals surface area contributed by atoms with Gasteiger partial charge >= 0.3 is 7.75 Å². The standard InChI is InChI=1S/C16H20NO7P/c18-12-8-6-11(7-9-12)3-2-10-16(20,21)15-13(17-25(22,23)24)4-1-5-14(15)19/h1,5-9,18-21H,2-4,10H2,(H2,22,23,24). The molecule has 0 bridgehead atoms. The number of aliphatic hydroxyl groups excluding tert-OH is 1. The third-order valence-electron chi connectivity index (χ3n) is 3.71. The Morgan fingerprint density at radius 2 is 1.76 bits per heavy atom. The molecule has 25 heavy (non-hydrogen) atoms. The van der Waals surface area contributed by atoms with E-state index in [2.05, 4.69) is 4.76 Å². The van der Waals surface area contributed by atoms with E-state index in [1.807, 2.05) is 0 Å². The van der Waals surface area contributed by atoms with Crippen LogP contribution in [0.1, 0.15) is 24.8 Å². The van der Waals surface area contributed by atoms with Crippen molar-refractivity contribution in [3.05, 3.63) is 53.3 Å². The van der Waals surface area contributed by atoms with Gasteiger partial charge < -0.3 is 30.2 Å². The lowest BCUT2D eigenvalue weighted by molar-refractivity contribution is -0.131. The molecule has 0 atom stereocenters. The van der Waals surface area contributed by atoms with Crippen molar-refractivity contribution >= 4 is 13.5 Å². The average molecular weight is 369 g/mol. The maximum absolute atomic E-state index is 11.1. The first-order valence-electron chi connectivity index (χ1n) is 7.56. The second-order valence-corrected chi connectivity index (χ2v) is 6.99. The van der Waals surface area contributed by atoms with Gasteiger partial charge in [0.05, 0.1) is 11.3 Å². The van der Waals surface area contributed by atoms with Gasteiger partial charge in [-0.2, -0.15) is 4.76 Å². The number of hydrogen-bond acceptors (Lipinski definition) is 5. The van der Waals surface area contributed by atoms with Gasteiger partial charge in [-0.1, -0.05) is 18.2 Å². The highest BCUT2D eigenvalue weighted by Gasteiger charge is 2.36. The number of phenols is 1. The van der Waals surface area contributed by atoms with Crippen molar-refractivity contribution in [2.45, 2.75) is 31.5 Å². The minimum Gasteiger partial charge on any atom is -0.508 e. The van der Waals surface area contributed by atoms with E-state index >= 15 is 0 Å². The molecular formula is C16H20NO7P. The highest BCUT2D eigenvalue weighted by atomic mass is 31.2. The minimum atomic E-state index is -4.78. The SMILES string of the molecule is O=P(O)(O)N=C1CC=CC(O)=C1C(O)(O)CCCc1ccc(O)cc1. The largest absolute Gasteiger partial charge is 0.508 e. The summed E-state index contributed by atoms with van der Waals surface area (Å²) in [5.74, 6) is -2.85. The molecule has 0 aliphatic heterocycles. The number of benzene rings is 1. The molecule has 0 saturated carbocycles.